The maximum absolute atomic E-state index is 11.0. The molecule has 1 heterocycles. The summed E-state index contributed by atoms with van der Waals surface area (Å²) in [6, 6.07) is 5.14. The zero-order chi connectivity index (χ0) is 14.7. The number of hydrogen-bond acceptors (Lipinski definition) is 3. The van der Waals surface area contributed by atoms with Gasteiger partial charge in [-0.25, -0.2) is 4.79 Å². The van der Waals surface area contributed by atoms with E-state index in [1.54, 1.807) is 6.07 Å². The van der Waals surface area contributed by atoms with Crippen molar-refractivity contribution in [2.24, 2.45) is 0 Å². The Balaban J connectivity index is 2.22. The van der Waals surface area contributed by atoms with Crippen molar-refractivity contribution in [1.82, 2.24) is 4.90 Å². The Kier molecular flexibility index (Phi) is 5.02. The molecule has 0 aromatic heterocycles. The molecule has 1 aromatic carbocycles. The Morgan fingerprint density at radius 2 is 2.30 bits per heavy atom. The van der Waals surface area contributed by atoms with E-state index < -0.39 is 5.97 Å². The van der Waals surface area contributed by atoms with Crippen LogP contribution in [0.25, 0.3) is 0 Å². The van der Waals surface area contributed by atoms with Crippen molar-refractivity contribution in [3.05, 3.63) is 34.3 Å². The van der Waals surface area contributed by atoms with Crippen LogP contribution in [0.3, 0.4) is 0 Å². The number of carbonyl (C=O) groups is 1. The lowest BCUT2D eigenvalue weighted by molar-refractivity contribution is -0.00329. The molecule has 5 heteroatoms. The third-order valence-corrected chi connectivity index (χ3v) is 4.16. The van der Waals surface area contributed by atoms with E-state index in [1.807, 2.05) is 13.0 Å². The van der Waals surface area contributed by atoms with Crippen molar-refractivity contribution in [2.75, 3.05) is 20.2 Å². The number of carboxylic acid groups (broad SMARTS) is 1. The number of nitrogens with zero attached hydrogens (tertiary/aromatic N) is 1. The largest absolute Gasteiger partial charge is 0.478 e. The summed E-state index contributed by atoms with van der Waals surface area (Å²) in [5, 5.41) is 9.50. The quantitative estimate of drug-likeness (QED) is 0.927. The van der Waals surface area contributed by atoms with E-state index in [0.717, 1.165) is 24.9 Å². The minimum atomic E-state index is -0.956. The van der Waals surface area contributed by atoms with Crippen LogP contribution in [-0.4, -0.2) is 42.3 Å². The maximum atomic E-state index is 11.0. The monoisotopic (exact) mass is 297 g/mol. The average molecular weight is 298 g/mol. The molecular weight excluding hydrogens is 278 g/mol. The van der Waals surface area contributed by atoms with Crippen LogP contribution in [0, 0.1) is 0 Å². The number of carboxylic acids is 1. The minimum Gasteiger partial charge on any atom is -0.478 e. The van der Waals surface area contributed by atoms with E-state index in [-0.39, 0.29) is 17.7 Å². The summed E-state index contributed by atoms with van der Waals surface area (Å²) >= 11 is 6.27. The molecular formula is C15H20ClNO3. The van der Waals surface area contributed by atoms with Gasteiger partial charge in [0.25, 0.3) is 0 Å². The molecule has 0 aliphatic carbocycles. The van der Waals surface area contributed by atoms with Crippen LogP contribution in [0.4, 0.5) is 0 Å². The maximum Gasteiger partial charge on any atom is 0.335 e. The molecule has 1 N–H and O–H groups in total. The fourth-order valence-electron chi connectivity index (χ4n) is 2.73. The molecule has 2 unspecified atom stereocenters. The molecule has 1 fully saturated rings. The molecule has 0 bridgehead atoms. The highest BCUT2D eigenvalue weighted by Gasteiger charge is 2.29. The van der Waals surface area contributed by atoms with Gasteiger partial charge in [0.2, 0.25) is 0 Å². The summed E-state index contributed by atoms with van der Waals surface area (Å²) in [7, 11) is 2.06. The van der Waals surface area contributed by atoms with Crippen molar-refractivity contribution in [3.8, 4) is 0 Å². The van der Waals surface area contributed by atoms with E-state index in [1.165, 1.54) is 6.07 Å². The lowest BCUT2D eigenvalue weighted by atomic mass is 9.93. The SMILES string of the molecule is CCOC1CCN(C)C(c2ccc(C(=O)O)cc2Cl)C1. The van der Waals surface area contributed by atoms with Crippen LogP contribution < -0.4 is 0 Å². The Bertz CT molecular complexity index is 492. The second kappa shape index (κ2) is 6.57. The van der Waals surface area contributed by atoms with Gasteiger partial charge in [-0.15, -0.1) is 0 Å². The van der Waals surface area contributed by atoms with Gasteiger partial charge in [0.05, 0.1) is 11.7 Å². The lowest BCUT2D eigenvalue weighted by Crippen LogP contribution is -2.37. The van der Waals surface area contributed by atoms with E-state index >= 15 is 0 Å². The molecule has 0 amide bonds. The smallest absolute Gasteiger partial charge is 0.335 e. The number of likely N-dealkylation sites (tertiary alicyclic amines) is 1. The first-order valence-corrected chi connectivity index (χ1v) is 7.25. The predicted octanol–water partition coefficient (Wildman–Crippen LogP) is 3.21. The van der Waals surface area contributed by atoms with Crippen molar-refractivity contribution >= 4 is 17.6 Å². The molecule has 0 radical (unpaired) electrons. The molecule has 20 heavy (non-hydrogen) atoms. The minimum absolute atomic E-state index is 0.177. The number of benzene rings is 1. The van der Waals surface area contributed by atoms with Crippen molar-refractivity contribution in [1.29, 1.82) is 0 Å². The van der Waals surface area contributed by atoms with Crippen LogP contribution in [-0.2, 0) is 4.74 Å². The normalized spacial score (nSPS) is 23.8. The fourth-order valence-corrected chi connectivity index (χ4v) is 3.04. The van der Waals surface area contributed by atoms with Crippen LogP contribution in [0.1, 0.15) is 41.7 Å². The molecule has 2 atom stereocenters. The average Bonchev–Trinajstić information content (AvgIpc) is 2.41. The molecule has 1 aliphatic rings. The number of halogens is 1. The molecule has 1 aromatic rings. The Morgan fingerprint density at radius 3 is 2.90 bits per heavy atom. The van der Waals surface area contributed by atoms with Crippen LogP contribution >= 0.6 is 11.6 Å². The van der Waals surface area contributed by atoms with Gasteiger partial charge in [-0.05, 0) is 44.5 Å². The van der Waals surface area contributed by atoms with Gasteiger partial charge in [0, 0.05) is 24.2 Å². The molecule has 110 valence electrons. The van der Waals surface area contributed by atoms with Gasteiger partial charge in [-0.1, -0.05) is 17.7 Å². The summed E-state index contributed by atoms with van der Waals surface area (Å²) < 4.78 is 5.72. The van der Waals surface area contributed by atoms with Gasteiger partial charge in [-0.2, -0.15) is 0 Å². The van der Waals surface area contributed by atoms with Gasteiger partial charge in [0.15, 0.2) is 0 Å². The summed E-state index contributed by atoms with van der Waals surface area (Å²) in [5.41, 5.74) is 1.20. The standard InChI is InChI=1S/C15H20ClNO3/c1-3-20-11-6-7-17(2)14(9-11)12-5-4-10(15(18)19)8-13(12)16/h4-5,8,11,14H,3,6-7,9H2,1-2H3,(H,18,19). The van der Waals surface area contributed by atoms with Gasteiger partial charge >= 0.3 is 5.97 Å². The molecule has 1 aliphatic heterocycles. The van der Waals surface area contributed by atoms with Crippen molar-refractivity contribution in [2.45, 2.75) is 31.9 Å². The van der Waals surface area contributed by atoms with E-state index in [4.69, 9.17) is 21.4 Å². The number of ether oxygens (including phenoxy) is 1. The van der Waals surface area contributed by atoms with Gasteiger partial charge < -0.3 is 9.84 Å². The Labute approximate surface area is 124 Å². The highest BCUT2D eigenvalue weighted by molar-refractivity contribution is 6.31. The molecule has 1 saturated heterocycles. The van der Waals surface area contributed by atoms with E-state index in [0.29, 0.717) is 11.6 Å². The summed E-state index contributed by atoms with van der Waals surface area (Å²) in [5.74, 6) is -0.956. The number of aromatic carboxylic acids is 1. The van der Waals surface area contributed by atoms with Gasteiger partial charge in [-0.3, -0.25) is 4.90 Å². The first kappa shape index (κ1) is 15.3. The molecule has 0 saturated carbocycles. The van der Waals surface area contributed by atoms with Crippen LogP contribution in [0.5, 0.6) is 0 Å². The number of rotatable bonds is 4. The second-order valence-corrected chi connectivity index (χ2v) is 5.55. The topological polar surface area (TPSA) is 49.8 Å². The van der Waals surface area contributed by atoms with Crippen LogP contribution in [0.15, 0.2) is 18.2 Å². The van der Waals surface area contributed by atoms with Gasteiger partial charge in [0.1, 0.15) is 0 Å². The lowest BCUT2D eigenvalue weighted by Gasteiger charge is -2.37. The molecule has 4 nitrogen and oxygen atoms in total. The highest BCUT2D eigenvalue weighted by Crippen LogP contribution is 2.35. The molecule has 2 rings (SSSR count). The molecule has 0 spiro atoms. The third kappa shape index (κ3) is 3.32. The van der Waals surface area contributed by atoms with E-state index in [2.05, 4.69) is 11.9 Å². The first-order valence-electron chi connectivity index (χ1n) is 6.87. The van der Waals surface area contributed by atoms with Crippen LogP contribution in [0.2, 0.25) is 5.02 Å². The second-order valence-electron chi connectivity index (χ2n) is 5.14. The number of piperidine rings is 1. The zero-order valence-corrected chi connectivity index (χ0v) is 12.6. The first-order chi connectivity index (χ1) is 9.52. The predicted molar refractivity (Wildman–Crippen MR) is 78.4 cm³/mol. The summed E-state index contributed by atoms with van der Waals surface area (Å²) in [6.07, 6.45) is 2.15. The third-order valence-electron chi connectivity index (χ3n) is 3.83. The van der Waals surface area contributed by atoms with Crippen molar-refractivity contribution < 1.29 is 14.6 Å². The van der Waals surface area contributed by atoms with E-state index in [9.17, 15) is 4.79 Å². The fraction of sp³-hybridized carbons (Fsp3) is 0.533. The Hall–Kier alpha value is -1.10. The summed E-state index contributed by atoms with van der Waals surface area (Å²) in [6.45, 7) is 3.67. The zero-order valence-electron chi connectivity index (χ0n) is 11.8. The van der Waals surface area contributed by atoms with Crippen molar-refractivity contribution in [3.63, 3.8) is 0 Å². The Morgan fingerprint density at radius 1 is 1.55 bits per heavy atom. The highest BCUT2D eigenvalue weighted by atomic mass is 35.5. The number of hydrogen-bond donors (Lipinski definition) is 1. The summed E-state index contributed by atoms with van der Waals surface area (Å²) in [4.78, 5) is 13.2.